The molecule has 346 valence electrons. The van der Waals surface area contributed by atoms with Crippen molar-refractivity contribution in [2.45, 2.75) is 63.5 Å². The Morgan fingerprint density at radius 2 is 1.58 bits per heavy atom. The molecular weight excluding hydrogens is 1020 g/mol. The Kier molecular flexibility index (Phi) is 15.9. The van der Waals surface area contributed by atoms with Crippen LogP contribution in [0.3, 0.4) is 0 Å². The average molecular weight is 1070 g/mol. The summed E-state index contributed by atoms with van der Waals surface area (Å²) in [4.78, 5) is 67.6. The Labute approximate surface area is 388 Å². The number of nitrogens with one attached hydrogen (secondary N) is 1. The molecule has 0 aromatic carbocycles. The largest absolute Gasteiger partial charge is 0.477 e. The van der Waals surface area contributed by atoms with E-state index in [1.165, 1.54) is 0 Å². The number of carboxylic acids is 1. The van der Waals surface area contributed by atoms with Crippen molar-refractivity contribution in [3.8, 4) is 11.3 Å². The number of aromatic carboxylic acids is 1. The molecule has 0 atom stereocenters. The van der Waals surface area contributed by atoms with E-state index >= 15 is 0 Å². The standard InChI is InChI=1S/C32H38N12O2.C9H10F3N3O2.CH3.W/c1-21-35-24(17-40(3)4)14-26(36-21)30(46)41-12-10-25(11-13-41)42-19-32(20-42,18-33-2)43-16-23(15-34-43)27-6-5-7-28-37-31(39-44(27)28)38-29(45)22-8-9-22;1-15(2)4-5-3-6(7(16)17)14-8(13-5)9(10,11)12;;/h5-7,14-16,22,25H,8-13,17-20H2,1,3-4H3,(H,38,39,45);3H,4H2,1-2H3,(H,16,17);1H3;/q;;-1;. The number of nitrogens with zero attached hydrogens (tertiary/aromatic N) is 14. The summed E-state index contributed by atoms with van der Waals surface area (Å²) in [5.74, 6) is -2.06. The summed E-state index contributed by atoms with van der Waals surface area (Å²) in [6.45, 7) is 13.4. The maximum absolute atomic E-state index is 13.3. The fraction of sp³-hybridized carbons (Fsp3) is 0.476. The zero-order valence-electron chi connectivity index (χ0n) is 36.9. The molecule has 7 heterocycles. The van der Waals surface area contributed by atoms with Crippen LogP contribution in [-0.4, -0.2) is 154 Å². The fourth-order valence-electron chi connectivity index (χ4n) is 7.76. The number of rotatable bonds is 12. The molecule has 5 aromatic rings. The average Bonchev–Trinajstić information content (AvgIpc) is 3.80. The number of anilines is 1. The van der Waals surface area contributed by atoms with Crippen LogP contribution in [0.4, 0.5) is 19.1 Å². The molecule has 1 saturated carbocycles. The molecule has 65 heavy (non-hydrogen) atoms. The minimum Gasteiger partial charge on any atom is -0.477 e. The first kappa shape index (κ1) is 50.3. The smallest absolute Gasteiger partial charge is 0.451 e. The van der Waals surface area contributed by atoms with Gasteiger partial charge in [-0.3, -0.25) is 24.5 Å². The van der Waals surface area contributed by atoms with Gasteiger partial charge in [0.05, 0.1) is 23.3 Å². The normalized spacial score (nSPS) is 16.2. The van der Waals surface area contributed by atoms with Crippen LogP contribution >= 0.6 is 0 Å². The number of likely N-dealkylation sites (tertiary alicyclic amines) is 2. The molecule has 2 saturated heterocycles. The van der Waals surface area contributed by atoms with E-state index in [0.29, 0.717) is 55.3 Å². The Morgan fingerprint density at radius 3 is 2.18 bits per heavy atom. The first-order valence-electron chi connectivity index (χ1n) is 20.3. The first-order valence-corrected chi connectivity index (χ1v) is 20.3. The molecule has 3 aliphatic rings. The molecule has 8 rings (SSSR count). The van der Waals surface area contributed by atoms with Crippen LogP contribution in [0.15, 0.2) is 42.7 Å². The SMILES string of the molecule is CN(C)Cc1cc(C(=O)O)nc(C(F)(F)F)n1.[C-]#[N+]CC1(n2cc(-c3cccc4nc(NC(=O)C5CC5)nn34)cn2)CN(C2CCN(C(=O)c3cc(CN(C)C)nc(C)n3)CC2)C1.[CH3-].[W]. The summed E-state index contributed by atoms with van der Waals surface area (Å²) in [7, 11) is 7.22. The number of fused-ring (bicyclic) bond motifs is 1. The van der Waals surface area contributed by atoms with Crippen LogP contribution in [0.1, 0.15) is 69.7 Å². The minimum atomic E-state index is -4.76. The van der Waals surface area contributed by atoms with Crippen molar-refractivity contribution in [2.75, 3.05) is 66.2 Å². The molecule has 1 aliphatic carbocycles. The molecule has 0 unspecified atom stereocenters. The Morgan fingerprint density at radius 1 is 0.938 bits per heavy atom. The second kappa shape index (κ2) is 20.6. The molecule has 0 spiro atoms. The fourth-order valence-corrected chi connectivity index (χ4v) is 7.76. The summed E-state index contributed by atoms with van der Waals surface area (Å²) in [5.41, 5.74) is 2.52. The van der Waals surface area contributed by atoms with Crippen LogP contribution in [0.25, 0.3) is 21.7 Å². The number of alkyl halides is 3. The number of amides is 2. The molecule has 19 nitrogen and oxygen atoms in total. The molecule has 3 fully saturated rings. The number of pyridine rings is 1. The van der Waals surface area contributed by atoms with Gasteiger partial charge in [0.2, 0.25) is 24.2 Å². The number of hydrogen-bond acceptors (Lipinski definition) is 13. The summed E-state index contributed by atoms with van der Waals surface area (Å²) in [6.07, 6.45) is 2.59. The van der Waals surface area contributed by atoms with E-state index in [9.17, 15) is 27.6 Å². The van der Waals surface area contributed by atoms with Crippen molar-refractivity contribution in [3.05, 3.63) is 96.0 Å². The summed E-state index contributed by atoms with van der Waals surface area (Å²) >= 11 is 0. The van der Waals surface area contributed by atoms with Crippen molar-refractivity contribution in [2.24, 2.45) is 5.92 Å². The number of carbonyl (C=O) groups is 3. The molecule has 5 aromatic heterocycles. The number of carbonyl (C=O) groups excluding carboxylic acids is 2. The van der Waals surface area contributed by atoms with Crippen molar-refractivity contribution < 1.29 is 53.7 Å². The predicted octanol–water partition coefficient (Wildman–Crippen LogP) is 4.04. The van der Waals surface area contributed by atoms with E-state index in [1.54, 1.807) is 29.7 Å². The van der Waals surface area contributed by atoms with Crippen LogP contribution in [-0.2, 0) is 50.7 Å². The van der Waals surface area contributed by atoms with Crippen LogP contribution in [0.5, 0.6) is 0 Å². The summed E-state index contributed by atoms with van der Waals surface area (Å²) < 4.78 is 40.9. The van der Waals surface area contributed by atoms with E-state index in [2.05, 4.69) is 45.1 Å². The Bertz CT molecular complexity index is 2540. The maximum Gasteiger partial charge on any atom is 0.451 e. The number of halogens is 3. The van der Waals surface area contributed by atoms with Crippen molar-refractivity contribution >= 4 is 29.4 Å². The monoisotopic (exact) mass is 1070 g/mol. The van der Waals surface area contributed by atoms with Crippen molar-refractivity contribution in [1.82, 2.24) is 63.9 Å². The van der Waals surface area contributed by atoms with Gasteiger partial charge in [-0.15, -0.1) is 5.10 Å². The molecule has 2 aliphatic heterocycles. The van der Waals surface area contributed by atoms with Gasteiger partial charge in [0, 0.05) is 84.1 Å². The molecule has 2 amide bonds. The number of aromatic nitrogens is 9. The predicted molar refractivity (Wildman–Crippen MR) is 227 cm³/mol. The number of carboxylic acid groups (broad SMARTS) is 1. The van der Waals surface area contributed by atoms with Gasteiger partial charge >= 0.3 is 12.1 Å². The first-order chi connectivity index (χ1) is 29.9. The minimum absolute atomic E-state index is 0. The molecule has 0 radical (unpaired) electrons. The van der Waals surface area contributed by atoms with Crippen LogP contribution < -0.4 is 5.32 Å². The van der Waals surface area contributed by atoms with Crippen molar-refractivity contribution in [1.29, 1.82) is 0 Å². The molecule has 23 heteroatoms. The van der Waals surface area contributed by atoms with Crippen LogP contribution in [0, 0.1) is 26.8 Å². The summed E-state index contributed by atoms with van der Waals surface area (Å²) in [5, 5.41) is 20.8. The topological polar surface area (TPSA) is 200 Å². The van der Waals surface area contributed by atoms with Gasteiger partial charge in [-0.2, -0.15) is 23.3 Å². The second-order valence-corrected chi connectivity index (χ2v) is 16.7. The molecule has 0 bridgehead atoms. The van der Waals surface area contributed by atoms with Crippen LogP contribution in [0.2, 0.25) is 0 Å². The third-order valence-electron chi connectivity index (χ3n) is 10.9. The van der Waals surface area contributed by atoms with E-state index < -0.39 is 29.2 Å². The molecular formula is C42H51F3N15O4W-. The quantitative estimate of drug-likeness (QED) is 0.170. The second-order valence-electron chi connectivity index (χ2n) is 16.7. The van der Waals surface area contributed by atoms with E-state index in [-0.39, 0.29) is 58.5 Å². The van der Waals surface area contributed by atoms with Gasteiger partial charge in [-0.1, -0.05) is 6.07 Å². The van der Waals surface area contributed by atoms with Gasteiger partial charge in [0.1, 0.15) is 11.5 Å². The van der Waals surface area contributed by atoms with Gasteiger partial charge in [0.25, 0.3) is 5.91 Å². The van der Waals surface area contributed by atoms with E-state index in [1.807, 2.05) is 66.0 Å². The van der Waals surface area contributed by atoms with E-state index in [0.717, 1.165) is 61.8 Å². The Balaban J connectivity index is 0.000000355. The number of aryl methyl sites for hydroxylation is 1. The van der Waals surface area contributed by atoms with Gasteiger partial charge < -0.3 is 32.1 Å². The van der Waals surface area contributed by atoms with Gasteiger partial charge in [-0.25, -0.2) is 35.8 Å². The Hall–Kier alpha value is -5.75. The van der Waals surface area contributed by atoms with Gasteiger partial charge in [0.15, 0.2) is 16.9 Å². The summed E-state index contributed by atoms with van der Waals surface area (Å²) in [6, 6.07) is 8.89. The molecule has 2 N–H and O–H groups in total. The van der Waals surface area contributed by atoms with Gasteiger partial charge in [-0.05, 0) is 85.1 Å². The zero-order valence-corrected chi connectivity index (χ0v) is 39.9. The third-order valence-corrected chi connectivity index (χ3v) is 10.9. The number of hydrogen-bond donors (Lipinski definition) is 2. The van der Waals surface area contributed by atoms with E-state index in [4.69, 9.17) is 16.8 Å². The number of piperidine rings is 1. The third kappa shape index (κ3) is 11.9. The van der Waals surface area contributed by atoms with Crippen molar-refractivity contribution in [3.63, 3.8) is 0 Å². The zero-order chi connectivity index (χ0) is 45.2. The maximum atomic E-state index is 13.3.